The Balaban J connectivity index is 2.42. The third kappa shape index (κ3) is 6.03. The lowest BCUT2D eigenvalue weighted by atomic mass is 9.76. The molecule has 1 N–H and O–H groups in total. The van der Waals surface area contributed by atoms with Crippen molar-refractivity contribution in [3.05, 3.63) is 35.1 Å². The Kier molecular flexibility index (Phi) is 9.03. The zero-order chi connectivity index (χ0) is 26.1. The summed E-state index contributed by atoms with van der Waals surface area (Å²) in [6, 6.07) is 4.94. The summed E-state index contributed by atoms with van der Waals surface area (Å²) in [6.07, 6.45) is -0.0998. The fraction of sp³-hybridized carbons (Fsp3) is 0.741. The molecule has 1 saturated heterocycles. The molecule has 0 saturated carbocycles. The molecule has 2 atom stereocenters. The first kappa shape index (κ1) is 28.8. The normalized spacial score (nSPS) is 22.1. The molecule has 5 nitrogen and oxygen atoms in total. The third-order valence-corrected chi connectivity index (χ3v) is 13.5. The van der Waals surface area contributed by atoms with Crippen LogP contribution >= 0.6 is 0 Å². The molecule has 1 fully saturated rings. The summed E-state index contributed by atoms with van der Waals surface area (Å²) in [4.78, 5) is 14.5. The molecule has 1 aromatic rings. The summed E-state index contributed by atoms with van der Waals surface area (Å²) in [5.41, 5.74) is 0.356. The van der Waals surface area contributed by atoms with E-state index in [-0.39, 0.29) is 5.82 Å². The number of aryl methyl sites for hydroxylation is 1. The molecule has 1 aliphatic heterocycles. The SMILES string of the molecule is Cc1ccc([C@@]2(O)CCN(C(=O)OC(C)(C)C)C[C@@H]2CO[Si](C(C)C)(C(C)C)C(C)C)cc1F. The number of nitrogens with zero attached hydrogens (tertiary/aromatic N) is 1. The van der Waals surface area contributed by atoms with Gasteiger partial charge in [0.1, 0.15) is 11.4 Å². The van der Waals surface area contributed by atoms with E-state index in [0.717, 1.165) is 0 Å². The van der Waals surface area contributed by atoms with E-state index in [4.69, 9.17) is 9.16 Å². The monoisotopic (exact) mass is 495 g/mol. The van der Waals surface area contributed by atoms with Crippen molar-refractivity contribution in [1.82, 2.24) is 4.90 Å². The molecule has 0 bridgehead atoms. The van der Waals surface area contributed by atoms with Crippen LogP contribution in [0.25, 0.3) is 0 Å². The van der Waals surface area contributed by atoms with Crippen molar-refractivity contribution >= 4 is 14.4 Å². The third-order valence-electron chi connectivity index (χ3n) is 7.44. The number of piperidine rings is 1. The number of rotatable bonds is 7. The maximum absolute atomic E-state index is 14.5. The van der Waals surface area contributed by atoms with E-state index in [9.17, 15) is 14.3 Å². The number of ether oxygens (including phenoxy) is 1. The number of aliphatic hydroxyl groups is 1. The van der Waals surface area contributed by atoms with Crippen molar-refractivity contribution < 1.29 is 23.5 Å². The molecule has 0 radical (unpaired) electrons. The van der Waals surface area contributed by atoms with Crippen molar-refractivity contribution in [1.29, 1.82) is 0 Å². The number of halogens is 1. The Morgan fingerprint density at radius 3 is 2.21 bits per heavy atom. The van der Waals surface area contributed by atoms with E-state index in [0.29, 0.717) is 53.9 Å². The smallest absolute Gasteiger partial charge is 0.410 e. The zero-order valence-corrected chi connectivity index (χ0v) is 23.9. The highest BCUT2D eigenvalue weighted by Crippen LogP contribution is 2.45. The predicted molar refractivity (Wildman–Crippen MR) is 138 cm³/mol. The van der Waals surface area contributed by atoms with Crippen molar-refractivity contribution in [3.8, 4) is 0 Å². The van der Waals surface area contributed by atoms with E-state index >= 15 is 0 Å². The highest BCUT2D eigenvalue weighted by atomic mass is 28.4. The van der Waals surface area contributed by atoms with E-state index in [2.05, 4.69) is 41.5 Å². The van der Waals surface area contributed by atoms with Crippen LogP contribution in [0.1, 0.15) is 79.9 Å². The lowest BCUT2D eigenvalue weighted by Crippen LogP contribution is -2.56. The fourth-order valence-corrected chi connectivity index (χ4v) is 11.2. The van der Waals surface area contributed by atoms with Crippen LogP contribution in [0.3, 0.4) is 0 Å². The van der Waals surface area contributed by atoms with Gasteiger partial charge in [0.25, 0.3) is 0 Å². The molecule has 2 rings (SSSR count). The van der Waals surface area contributed by atoms with Crippen LogP contribution in [0.15, 0.2) is 18.2 Å². The van der Waals surface area contributed by atoms with Gasteiger partial charge in [-0.05, 0) is 67.9 Å². The second-order valence-electron chi connectivity index (χ2n) is 11.9. The van der Waals surface area contributed by atoms with Gasteiger partial charge in [0.05, 0.1) is 5.60 Å². The van der Waals surface area contributed by atoms with E-state index in [1.807, 2.05) is 20.8 Å². The van der Waals surface area contributed by atoms with Crippen LogP contribution in [0.4, 0.5) is 9.18 Å². The summed E-state index contributed by atoms with van der Waals surface area (Å²) in [6.45, 7) is 21.5. The quantitative estimate of drug-likeness (QED) is 0.424. The number of hydrogen-bond acceptors (Lipinski definition) is 4. The standard InChI is InChI=1S/C27H46FNO4Si/c1-18(2)34(19(3)4,20(5)6)32-17-23-16-29(25(30)33-26(8,9)10)14-13-27(23,31)22-12-11-21(7)24(28)15-22/h11-12,15,18-20,23,31H,13-14,16-17H2,1-10H3/t23-,27+/m1/s1. The molecule has 0 unspecified atom stereocenters. The average Bonchev–Trinajstić information content (AvgIpc) is 2.69. The van der Waals surface area contributed by atoms with Gasteiger partial charge < -0.3 is 19.2 Å². The molecular formula is C27H46FNO4Si. The van der Waals surface area contributed by atoms with Crippen LogP contribution in [0, 0.1) is 18.7 Å². The number of amides is 1. The van der Waals surface area contributed by atoms with Gasteiger partial charge in [-0.1, -0.05) is 53.7 Å². The van der Waals surface area contributed by atoms with Crippen LogP contribution in [-0.4, -0.2) is 49.7 Å². The minimum absolute atomic E-state index is 0.291. The molecule has 0 aliphatic carbocycles. The predicted octanol–water partition coefficient (Wildman–Crippen LogP) is 6.77. The van der Waals surface area contributed by atoms with Gasteiger partial charge in [-0.25, -0.2) is 9.18 Å². The average molecular weight is 496 g/mol. The Labute approximate surface area is 207 Å². The minimum Gasteiger partial charge on any atom is -0.444 e. The van der Waals surface area contributed by atoms with Gasteiger partial charge in [-0.3, -0.25) is 0 Å². The molecule has 194 valence electrons. The van der Waals surface area contributed by atoms with Gasteiger partial charge in [-0.15, -0.1) is 0 Å². The molecule has 0 aromatic heterocycles. The van der Waals surface area contributed by atoms with Crippen molar-refractivity contribution in [2.45, 2.75) is 103 Å². The first-order valence-corrected chi connectivity index (χ1v) is 14.8. The molecule has 34 heavy (non-hydrogen) atoms. The van der Waals surface area contributed by atoms with Crippen LogP contribution in [-0.2, 0) is 14.8 Å². The fourth-order valence-electron chi connectivity index (χ4n) is 5.69. The molecule has 1 aromatic carbocycles. The molecule has 0 spiro atoms. The molecular weight excluding hydrogens is 449 g/mol. The second-order valence-corrected chi connectivity index (χ2v) is 17.4. The Hall–Kier alpha value is -1.44. The summed E-state index contributed by atoms with van der Waals surface area (Å²) in [7, 11) is -2.20. The van der Waals surface area contributed by atoms with Gasteiger partial charge in [0.15, 0.2) is 8.32 Å². The van der Waals surface area contributed by atoms with Gasteiger partial charge in [-0.2, -0.15) is 0 Å². The molecule has 1 aliphatic rings. The summed E-state index contributed by atoms with van der Waals surface area (Å²) in [5, 5.41) is 12.0. The van der Waals surface area contributed by atoms with E-state index in [1.165, 1.54) is 6.07 Å². The van der Waals surface area contributed by atoms with Crippen LogP contribution in [0.2, 0.25) is 16.6 Å². The summed E-state index contributed by atoms with van der Waals surface area (Å²) in [5.74, 6) is -0.741. The van der Waals surface area contributed by atoms with Crippen molar-refractivity contribution in [3.63, 3.8) is 0 Å². The number of carbonyl (C=O) groups excluding carboxylic acids is 1. The first-order chi connectivity index (χ1) is 15.5. The highest BCUT2D eigenvalue weighted by Gasteiger charge is 2.49. The Morgan fingerprint density at radius 2 is 1.74 bits per heavy atom. The van der Waals surface area contributed by atoms with Gasteiger partial charge in [0.2, 0.25) is 0 Å². The van der Waals surface area contributed by atoms with Gasteiger partial charge in [0, 0.05) is 25.6 Å². The van der Waals surface area contributed by atoms with Crippen molar-refractivity contribution in [2.75, 3.05) is 19.7 Å². The van der Waals surface area contributed by atoms with E-state index < -0.39 is 31.5 Å². The largest absolute Gasteiger partial charge is 0.444 e. The summed E-state index contributed by atoms with van der Waals surface area (Å²) >= 11 is 0. The Bertz CT molecular complexity index is 830. The minimum atomic E-state index is -2.20. The molecule has 1 heterocycles. The number of benzene rings is 1. The first-order valence-electron chi connectivity index (χ1n) is 12.7. The Morgan fingerprint density at radius 1 is 1.18 bits per heavy atom. The highest BCUT2D eigenvalue weighted by molar-refractivity contribution is 6.77. The number of likely N-dealkylation sites (tertiary alicyclic amines) is 1. The van der Waals surface area contributed by atoms with Gasteiger partial charge >= 0.3 is 6.09 Å². The maximum atomic E-state index is 14.5. The van der Waals surface area contributed by atoms with Crippen LogP contribution in [0.5, 0.6) is 0 Å². The lowest BCUT2D eigenvalue weighted by Gasteiger charge is -2.48. The van der Waals surface area contributed by atoms with Crippen LogP contribution < -0.4 is 0 Å². The summed E-state index contributed by atoms with van der Waals surface area (Å²) < 4.78 is 27.0. The topological polar surface area (TPSA) is 59.0 Å². The second kappa shape index (κ2) is 10.7. The number of hydrogen-bond donors (Lipinski definition) is 1. The lowest BCUT2D eigenvalue weighted by molar-refractivity contribution is -0.0932. The van der Waals surface area contributed by atoms with Crippen molar-refractivity contribution in [2.24, 2.45) is 5.92 Å². The molecule has 1 amide bonds. The number of carbonyl (C=O) groups is 1. The maximum Gasteiger partial charge on any atom is 0.410 e. The molecule has 7 heteroatoms. The zero-order valence-electron chi connectivity index (χ0n) is 22.9. The van der Waals surface area contributed by atoms with E-state index in [1.54, 1.807) is 24.0 Å².